The minimum absolute atomic E-state index is 0.0854. The topological polar surface area (TPSA) is 116 Å². The second kappa shape index (κ2) is 7.84. The summed E-state index contributed by atoms with van der Waals surface area (Å²) >= 11 is 0. The molecule has 3 heterocycles. The summed E-state index contributed by atoms with van der Waals surface area (Å²) in [6.07, 6.45) is 1.81. The molecule has 1 aliphatic rings. The van der Waals surface area contributed by atoms with Crippen LogP contribution in [-0.2, 0) is 22.7 Å². The molecule has 0 saturated carbocycles. The highest BCUT2D eigenvalue weighted by Crippen LogP contribution is 2.12. The first-order valence-corrected chi connectivity index (χ1v) is 8.18. The molecule has 25 heavy (non-hydrogen) atoms. The molecule has 1 aliphatic heterocycles. The predicted octanol–water partition coefficient (Wildman–Crippen LogP) is -0.485. The Balaban J connectivity index is 1.58. The van der Waals surface area contributed by atoms with E-state index in [-0.39, 0.29) is 24.8 Å². The van der Waals surface area contributed by atoms with E-state index in [1.54, 1.807) is 13.1 Å². The molecule has 0 aromatic carbocycles. The number of aryl methyl sites for hydroxylation is 1. The molecule has 0 bridgehead atoms. The van der Waals surface area contributed by atoms with Crippen LogP contribution >= 0.6 is 0 Å². The number of rotatable bonds is 6. The molecule has 0 aliphatic carbocycles. The lowest BCUT2D eigenvalue weighted by molar-refractivity contribution is -0.134. The van der Waals surface area contributed by atoms with Gasteiger partial charge in [-0.1, -0.05) is 6.07 Å². The third-order valence-corrected chi connectivity index (χ3v) is 4.00. The zero-order valence-electron chi connectivity index (χ0n) is 14.0. The smallest absolute Gasteiger partial charge is 0.237 e. The predicted molar refractivity (Wildman–Crippen MR) is 89.0 cm³/mol. The Hall–Kier alpha value is -2.81. The number of aromatic amines is 1. The van der Waals surface area contributed by atoms with Crippen molar-refractivity contribution in [1.82, 2.24) is 35.7 Å². The summed E-state index contributed by atoms with van der Waals surface area (Å²) in [5.41, 5.74) is 0.874. The Bertz CT molecular complexity index is 731. The molecular weight excluding hydrogens is 322 g/mol. The largest absolute Gasteiger partial charge is 0.353 e. The molecule has 0 spiro atoms. The maximum Gasteiger partial charge on any atom is 0.237 e. The lowest BCUT2D eigenvalue weighted by Crippen LogP contribution is -2.56. The van der Waals surface area contributed by atoms with Gasteiger partial charge in [-0.3, -0.25) is 24.6 Å². The third-order valence-electron chi connectivity index (χ3n) is 4.00. The minimum Gasteiger partial charge on any atom is -0.353 e. The number of pyridine rings is 1. The van der Waals surface area contributed by atoms with Crippen LogP contribution in [0.15, 0.2) is 24.4 Å². The number of nitrogens with one attached hydrogen (secondary N) is 3. The van der Waals surface area contributed by atoms with E-state index in [4.69, 9.17) is 0 Å². The van der Waals surface area contributed by atoms with E-state index in [0.29, 0.717) is 31.3 Å². The van der Waals surface area contributed by atoms with E-state index in [1.807, 2.05) is 23.1 Å². The van der Waals surface area contributed by atoms with Crippen LogP contribution in [0.25, 0.3) is 0 Å². The van der Waals surface area contributed by atoms with E-state index >= 15 is 0 Å². The van der Waals surface area contributed by atoms with Gasteiger partial charge < -0.3 is 10.6 Å². The van der Waals surface area contributed by atoms with Crippen LogP contribution in [0.5, 0.6) is 0 Å². The molecule has 2 aromatic heterocycles. The lowest BCUT2D eigenvalue weighted by Gasteiger charge is -2.34. The number of amides is 2. The van der Waals surface area contributed by atoms with Crippen molar-refractivity contribution in [2.24, 2.45) is 0 Å². The maximum atomic E-state index is 12.2. The molecule has 9 heteroatoms. The van der Waals surface area contributed by atoms with Gasteiger partial charge in [0.25, 0.3) is 0 Å². The molecule has 2 amide bonds. The quantitative estimate of drug-likeness (QED) is 0.652. The van der Waals surface area contributed by atoms with Crippen LogP contribution in [0, 0.1) is 6.92 Å². The summed E-state index contributed by atoms with van der Waals surface area (Å²) in [5, 5.41) is 12.3. The van der Waals surface area contributed by atoms with Gasteiger partial charge in [-0.05, 0) is 19.1 Å². The molecule has 3 N–H and O–H groups in total. The Labute approximate surface area is 145 Å². The van der Waals surface area contributed by atoms with E-state index < -0.39 is 6.04 Å². The summed E-state index contributed by atoms with van der Waals surface area (Å²) in [5.74, 6) is 0.864. The average molecular weight is 343 g/mol. The zero-order valence-corrected chi connectivity index (χ0v) is 14.0. The molecule has 0 radical (unpaired) electrons. The van der Waals surface area contributed by atoms with Crippen LogP contribution in [0.1, 0.15) is 23.8 Å². The SMILES string of the molecule is Cc1nc(CNC(=O)CC2C(=O)NCCN2Cc2ccccn2)n[nH]1. The van der Waals surface area contributed by atoms with Crippen molar-refractivity contribution in [3.63, 3.8) is 0 Å². The van der Waals surface area contributed by atoms with Crippen molar-refractivity contribution in [2.75, 3.05) is 13.1 Å². The Morgan fingerprint density at radius 3 is 3.04 bits per heavy atom. The van der Waals surface area contributed by atoms with Gasteiger partial charge in [-0.15, -0.1) is 0 Å². The van der Waals surface area contributed by atoms with Gasteiger partial charge in [0.15, 0.2) is 5.82 Å². The fraction of sp³-hybridized carbons (Fsp3) is 0.438. The van der Waals surface area contributed by atoms with Gasteiger partial charge in [0.2, 0.25) is 11.8 Å². The first-order valence-electron chi connectivity index (χ1n) is 8.18. The number of piperazine rings is 1. The molecule has 9 nitrogen and oxygen atoms in total. The standard InChI is InChI=1S/C16H21N7O2/c1-11-20-14(22-21-11)9-19-15(24)8-13-16(25)18-6-7-23(13)10-12-4-2-3-5-17-12/h2-5,13H,6-10H2,1H3,(H,18,25)(H,19,24)(H,20,21,22). The molecule has 2 aromatic rings. The number of carbonyl (C=O) groups excluding carboxylic acids is 2. The van der Waals surface area contributed by atoms with Gasteiger partial charge >= 0.3 is 0 Å². The summed E-state index contributed by atoms with van der Waals surface area (Å²) in [4.78, 5) is 34.9. The van der Waals surface area contributed by atoms with Crippen LogP contribution in [0.3, 0.4) is 0 Å². The van der Waals surface area contributed by atoms with E-state index in [1.165, 1.54) is 0 Å². The van der Waals surface area contributed by atoms with Gasteiger partial charge in [0.1, 0.15) is 5.82 Å². The number of aromatic nitrogens is 4. The molecule has 1 unspecified atom stereocenters. The minimum atomic E-state index is -0.510. The normalized spacial score (nSPS) is 18.0. The third kappa shape index (κ3) is 4.60. The van der Waals surface area contributed by atoms with Gasteiger partial charge in [-0.25, -0.2) is 4.98 Å². The van der Waals surface area contributed by atoms with Crippen molar-refractivity contribution < 1.29 is 9.59 Å². The fourth-order valence-corrected chi connectivity index (χ4v) is 2.77. The van der Waals surface area contributed by atoms with Gasteiger partial charge in [-0.2, -0.15) is 5.10 Å². The van der Waals surface area contributed by atoms with Crippen LogP contribution in [0.2, 0.25) is 0 Å². The van der Waals surface area contributed by atoms with Crippen molar-refractivity contribution >= 4 is 11.8 Å². The van der Waals surface area contributed by atoms with Crippen LogP contribution in [0.4, 0.5) is 0 Å². The first kappa shape index (κ1) is 17.0. The molecule has 1 fully saturated rings. The van der Waals surface area contributed by atoms with E-state index in [0.717, 1.165) is 5.69 Å². The maximum absolute atomic E-state index is 12.2. The monoisotopic (exact) mass is 343 g/mol. The summed E-state index contributed by atoms with van der Waals surface area (Å²) in [7, 11) is 0. The molecule has 132 valence electrons. The van der Waals surface area contributed by atoms with Crippen molar-refractivity contribution in [2.45, 2.75) is 32.5 Å². The van der Waals surface area contributed by atoms with E-state index in [9.17, 15) is 9.59 Å². The number of hydrogen-bond acceptors (Lipinski definition) is 6. The highest BCUT2D eigenvalue weighted by molar-refractivity contribution is 5.88. The molecular formula is C16H21N7O2. The van der Waals surface area contributed by atoms with Crippen molar-refractivity contribution in [3.8, 4) is 0 Å². The molecule has 1 saturated heterocycles. The molecule has 3 rings (SSSR count). The summed E-state index contributed by atoms with van der Waals surface area (Å²) < 4.78 is 0. The zero-order chi connectivity index (χ0) is 17.6. The fourth-order valence-electron chi connectivity index (χ4n) is 2.77. The highest BCUT2D eigenvalue weighted by atomic mass is 16.2. The lowest BCUT2D eigenvalue weighted by atomic mass is 10.1. The van der Waals surface area contributed by atoms with Gasteiger partial charge in [0.05, 0.1) is 24.7 Å². The number of hydrogen-bond donors (Lipinski definition) is 3. The Morgan fingerprint density at radius 1 is 1.44 bits per heavy atom. The number of nitrogens with zero attached hydrogens (tertiary/aromatic N) is 4. The van der Waals surface area contributed by atoms with Crippen LogP contribution < -0.4 is 10.6 Å². The first-order chi connectivity index (χ1) is 12.1. The summed E-state index contributed by atoms with van der Waals surface area (Å²) in [6.45, 7) is 3.81. The van der Waals surface area contributed by atoms with E-state index in [2.05, 4.69) is 30.8 Å². The Morgan fingerprint density at radius 2 is 2.32 bits per heavy atom. The average Bonchev–Trinajstić information content (AvgIpc) is 3.02. The second-order valence-electron chi connectivity index (χ2n) is 5.92. The molecule has 1 atom stereocenters. The highest BCUT2D eigenvalue weighted by Gasteiger charge is 2.31. The van der Waals surface area contributed by atoms with Gasteiger partial charge in [0, 0.05) is 25.8 Å². The Kier molecular flexibility index (Phi) is 5.34. The second-order valence-corrected chi connectivity index (χ2v) is 5.92. The van der Waals surface area contributed by atoms with Crippen molar-refractivity contribution in [1.29, 1.82) is 0 Å². The van der Waals surface area contributed by atoms with Crippen LogP contribution in [-0.4, -0.2) is 56.0 Å². The number of H-pyrrole nitrogens is 1. The summed E-state index contributed by atoms with van der Waals surface area (Å²) in [6, 6.07) is 5.16. The van der Waals surface area contributed by atoms with Crippen molar-refractivity contribution in [3.05, 3.63) is 41.7 Å². The number of carbonyl (C=O) groups is 2.